The summed E-state index contributed by atoms with van der Waals surface area (Å²) in [6, 6.07) is 2.29. The summed E-state index contributed by atoms with van der Waals surface area (Å²) in [5, 5.41) is 0. The summed E-state index contributed by atoms with van der Waals surface area (Å²) in [5.41, 5.74) is 10.2. The molecule has 0 fully saturated rings. The van der Waals surface area contributed by atoms with Crippen LogP contribution in [0.15, 0.2) is 23.1 Å². The van der Waals surface area contributed by atoms with E-state index in [1.54, 1.807) is 0 Å². The summed E-state index contributed by atoms with van der Waals surface area (Å²) >= 11 is 0. The summed E-state index contributed by atoms with van der Waals surface area (Å²) in [7, 11) is -3.90. The van der Waals surface area contributed by atoms with Gasteiger partial charge in [-0.15, -0.1) is 0 Å². The Kier molecular flexibility index (Phi) is 4.25. The molecule has 1 aromatic rings. The van der Waals surface area contributed by atoms with Crippen LogP contribution in [-0.2, 0) is 14.8 Å². The van der Waals surface area contributed by atoms with E-state index < -0.39 is 27.8 Å². The third kappa shape index (κ3) is 3.67. The molecule has 0 aliphatic rings. The van der Waals surface area contributed by atoms with E-state index in [1.807, 2.05) is 0 Å². The number of nitrogens with two attached hydrogens (primary N) is 2. The number of benzene rings is 1. The van der Waals surface area contributed by atoms with Crippen LogP contribution in [0.5, 0.6) is 0 Å². The van der Waals surface area contributed by atoms with E-state index in [1.165, 1.54) is 6.92 Å². The van der Waals surface area contributed by atoms with Gasteiger partial charge in [-0.2, -0.15) is 0 Å². The van der Waals surface area contributed by atoms with Gasteiger partial charge in [-0.05, 0) is 25.1 Å². The smallest absolute Gasteiger partial charge is 0.242 e. The molecule has 1 aromatic carbocycles. The van der Waals surface area contributed by atoms with Gasteiger partial charge in [-0.3, -0.25) is 4.79 Å². The fraction of sp³-hybridized carbons (Fsp3) is 0.300. The molecule has 0 aromatic heterocycles. The molecule has 0 heterocycles. The van der Waals surface area contributed by atoms with Gasteiger partial charge in [0.15, 0.2) is 0 Å². The van der Waals surface area contributed by atoms with Gasteiger partial charge < -0.3 is 11.5 Å². The van der Waals surface area contributed by atoms with Crippen molar-refractivity contribution in [1.82, 2.24) is 4.72 Å². The van der Waals surface area contributed by atoms with Gasteiger partial charge in [0.2, 0.25) is 15.9 Å². The van der Waals surface area contributed by atoms with Crippen molar-refractivity contribution >= 4 is 21.6 Å². The first-order valence-electron chi connectivity index (χ1n) is 5.08. The molecule has 0 aliphatic heterocycles. The molecule has 1 unspecified atom stereocenters. The van der Waals surface area contributed by atoms with Crippen LogP contribution >= 0.6 is 0 Å². The molecule has 1 atom stereocenters. The normalized spacial score (nSPS) is 13.2. The Bertz CT molecular complexity index is 559. The minimum absolute atomic E-state index is 0.139. The number of halogens is 1. The molecule has 0 aliphatic carbocycles. The first-order chi connectivity index (χ1) is 8.22. The Hall–Kier alpha value is -1.67. The van der Waals surface area contributed by atoms with Crippen LogP contribution in [0.4, 0.5) is 10.1 Å². The molecule has 0 spiro atoms. The number of amides is 1. The molecule has 1 rings (SSSR count). The standard InChI is InChI=1S/C10H14FN3O3S/c1-6(4-10(13)15)14-18(16,17)9-3-2-7(11)5-8(9)12/h2-3,5-6,14H,4,12H2,1H3,(H2,13,15). The fourth-order valence-electron chi connectivity index (χ4n) is 1.44. The topological polar surface area (TPSA) is 115 Å². The zero-order chi connectivity index (χ0) is 13.9. The monoisotopic (exact) mass is 275 g/mol. The maximum Gasteiger partial charge on any atom is 0.242 e. The van der Waals surface area contributed by atoms with E-state index in [9.17, 15) is 17.6 Å². The third-order valence-electron chi connectivity index (χ3n) is 2.13. The second-order valence-electron chi connectivity index (χ2n) is 3.87. The first kappa shape index (κ1) is 14.4. The largest absolute Gasteiger partial charge is 0.398 e. The SMILES string of the molecule is CC(CC(N)=O)NS(=O)(=O)c1ccc(F)cc1N. The number of sulfonamides is 1. The lowest BCUT2D eigenvalue weighted by Crippen LogP contribution is -2.36. The number of hydrogen-bond donors (Lipinski definition) is 3. The molecule has 0 bridgehead atoms. The van der Waals surface area contributed by atoms with Crippen LogP contribution in [-0.4, -0.2) is 20.4 Å². The summed E-state index contributed by atoms with van der Waals surface area (Å²) in [6.45, 7) is 1.49. The number of nitrogen functional groups attached to an aromatic ring is 1. The Morgan fingerprint density at radius 3 is 2.61 bits per heavy atom. The van der Waals surface area contributed by atoms with Crippen LogP contribution < -0.4 is 16.2 Å². The van der Waals surface area contributed by atoms with Gasteiger partial charge in [-0.1, -0.05) is 0 Å². The number of rotatable bonds is 5. The molecule has 0 radical (unpaired) electrons. The number of anilines is 1. The van der Waals surface area contributed by atoms with E-state index in [0.717, 1.165) is 18.2 Å². The van der Waals surface area contributed by atoms with Gasteiger partial charge in [0.1, 0.15) is 10.7 Å². The number of carbonyl (C=O) groups excluding carboxylic acids is 1. The Balaban J connectivity index is 2.96. The zero-order valence-electron chi connectivity index (χ0n) is 9.68. The molecular formula is C10H14FN3O3S. The minimum atomic E-state index is -3.90. The van der Waals surface area contributed by atoms with E-state index in [4.69, 9.17) is 11.5 Å². The van der Waals surface area contributed by atoms with Crippen molar-refractivity contribution in [2.75, 3.05) is 5.73 Å². The van der Waals surface area contributed by atoms with Gasteiger partial charge >= 0.3 is 0 Å². The van der Waals surface area contributed by atoms with Crippen LogP contribution in [0.2, 0.25) is 0 Å². The zero-order valence-corrected chi connectivity index (χ0v) is 10.5. The first-order valence-corrected chi connectivity index (χ1v) is 6.56. The highest BCUT2D eigenvalue weighted by Gasteiger charge is 2.21. The summed E-state index contributed by atoms with van der Waals surface area (Å²) in [5.74, 6) is -1.26. The second-order valence-corrected chi connectivity index (χ2v) is 5.56. The number of carbonyl (C=O) groups is 1. The molecular weight excluding hydrogens is 261 g/mol. The Morgan fingerprint density at radius 1 is 1.50 bits per heavy atom. The van der Waals surface area contributed by atoms with Crippen molar-refractivity contribution in [3.63, 3.8) is 0 Å². The summed E-state index contributed by atoms with van der Waals surface area (Å²) in [4.78, 5) is 10.4. The molecule has 6 nitrogen and oxygen atoms in total. The van der Waals surface area contributed by atoms with Crippen molar-refractivity contribution < 1.29 is 17.6 Å². The molecule has 5 N–H and O–H groups in total. The van der Waals surface area contributed by atoms with Crippen LogP contribution in [0.25, 0.3) is 0 Å². The van der Waals surface area contributed by atoms with Crippen molar-refractivity contribution in [2.24, 2.45) is 5.73 Å². The van der Waals surface area contributed by atoms with Gasteiger partial charge in [0, 0.05) is 12.5 Å². The van der Waals surface area contributed by atoms with Gasteiger partial charge in [0.25, 0.3) is 0 Å². The summed E-state index contributed by atoms with van der Waals surface area (Å²) in [6.07, 6.45) is -0.139. The minimum Gasteiger partial charge on any atom is -0.398 e. The van der Waals surface area contributed by atoms with E-state index in [2.05, 4.69) is 4.72 Å². The highest BCUT2D eigenvalue weighted by atomic mass is 32.2. The third-order valence-corrected chi connectivity index (χ3v) is 3.79. The van der Waals surface area contributed by atoms with Crippen LogP contribution in [0.1, 0.15) is 13.3 Å². The van der Waals surface area contributed by atoms with Gasteiger partial charge in [0.05, 0.1) is 5.69 Å². The Labute approximate surface area is 104 Å². The predicted octanol–water partition coefficient (Wildman–Crippen LogP) is -0.0499. The molecule has 100 valence electrons. The molecule has 0 saturated carbocycles. The van der Waals surface area contributed by atoms with E-state index in [0.29, 0.717) is 0 Å². The van der Waals surface area contributed by atoms with E-state index in [-0.39, 0.29) is 17.0 Å². The number of primary amides is 1. The lowest BCUT2D eigenvalue weighted by atomic mass is 10.2. The highest BCUT2D eigenvalue weighted by Crippen LogP contribution is 2.19. The highest BCUT2D eigenvalue weighted by molar-refractivity contribution is 7.89. The molecule has 8 heteroatoms. The molecule has 18 heavy (non-hydrogen) atoms. The van der Waals surface area contributed by atoms with Crippen LogP contribution in [0, 0.1) is 5.82 Å². The van der Waals surface area contributed by atoms with Gasteiger partial charge in [-0.25, -0.2) is 17.5 Å². The number of nitrogens with one attached hydrogen (secondary N) is 1. The van der Waals surface area contributed by atoms with E-state index >= 15 is 0 Å². The lowest BCUT2D eigenvalue weighted by Gasteiger charge is -2.13. The predicted molar refractivity (Wildman–Crippen MR) is 64.4 cm³/mol. The number of hydrogen-bond acceptors (Lipinski definition) is 4. The maximum absolute atomic E-state index is 12.8. The summed E-state index contributed by atoms with van der Waals surface area (Å²) < 4.78 is 38.8. The van der Waals surface area contributed by atoms with Crippen molar-refractivity contribution in [1.29, 1.82) is 0 Å². The van der Waals surface area contributed by atoms with Crippen molar-refractivity contribution in [3.8, 4) is 0 Å². The fourth-order valence-corrected chi connectivity index (χ4v) is 2.79. The second kappa shape index (κ2) is 5.32. The molecule has 0 saturated heterocycles. The maximum atomic E-state index is 12.8. The molecule has 1 amide bonds. The average Bonchev–Trinajstić information content (AvgIpc) is 2.13. The van der Waals surface area contributed by atoms with Crippen LogP contribution in [0.3, 0.4) is 0 Å². The van der Waals surface area contributed by atoms with Crippen molar-refractivity contribution in [3.05, 3.63) is 24.0 Å². The lowest BCUT2D eigenvalue weighted by molar-refractivity contribution is -0.118. The Morgan fingerprint density at radius 2 is 2.11 bits per heavy atom. The quantitative estimate of drug-likeness (QED) is 0.653. The average molecular weight is 275 g/mol. The van der Waals surface area contributed by atoms with Crippen molar-refractivity contribution in [2.45, 2.75) is 24.3 Å².